The highest BCUT2D eigenvalue weighted by molar-refractivity contribution is 5.88. The number of carbonyl (C=O) groups excluding carboxylic acids is 1. The predicted molar refractivity (Wildman–Crippen MR) is 47.0 cm³/mol. The lowest BCUT2D eigenvalue weighted by atomic mass is 10.2. The van der Waals surface area contributed by atoms with Crippen molar-refractivity contribution in [1.29, 1.82) is 0 Å². The van der Waals surface area contributed by atoms with Gasteiger partial charge in [-0.05, 0) is 22.9 Å². The molecule has 1 aromatic rings. The summed E-state index contributed by atoms with van der Waals surface area (Å²) >= 11 is 0. The first-order valence-corrected chi connectivity index (χ1v) is 3.76. The number of pyridine rings is 1. The van der Waals surface area contributed by atoms with Crippen LogP contribution in [0.15, 0.2) is 12.1 Å². The molecule has 14 heavy (non-hydrogen) atoms. The maximum absolute atomic E-state index is 11.1. The van der Waals surface area contributed by atoms with Crippen molar-refractivity contribution in [2.45, 2.75) is 6.92 Å². The van der Waals surface area contributed by atoms with E-state index >= 15 is 0 Å². The molecular weight excluding hydrogens is 188 g/mol. The molecule has 0 radical (unpaired) electrons. The van der Waals surface area contributed by atoms with Gasteiger partial charge < -0.3 is 14.9 Å². The maximum Gasteiger partial charge on any atom is 0.383 e. The Kier molecular flexibility index (Phi) is 2.76. The lowest BCUT2D eigenvalue weighted by Crippen LogP contribution is -2.08. The number of carbonyl (C=O) groups is 1. The summed E-state index contributed by atoms with van der Waals surface area (Å²) in [5.41, 5.74) is 0.518. The number of hydrogen-bond acceptors (Lipinski definition) is 5. The summed E-state index contributed by atoms with van der Waals surface area (Å²) in [6.07, 6.45) is 0. The highest BCUT2D eigenvalue weighted by Crippen LogP contribution is 2.12. The fraction of sp³-hybridized carbons (Fsp3) is 0.250. The van der Waals surface area contributed by atoms with Crippen molar-refractivity contribution in [3.63, 3.8) is 0 Å². The lowest BCUT2D eigenvalue weighted by molar-refractivity contribution is -0.389. The van der Waals surface area contributed by atoms with Crippen LogP contribution in [0, 0.1) is 17.0 Å². The summed E-state index contributed by atoms with van der Waals surface area (Å²) in [6, 6.07) is 2.69. The molecular formula is C8H8N2O4. The number of aryl methyl sites for hydroxylation is 1. The third kappa shape index (κ3) is 1.85. The first-order valence-electron chi connectivity index (χ1n) is 3.76. The lowest BCUT2D eigenvalue weighted by Gasteiger charge is -1.98. The summed E-state index contributed by atoms with van der Waals surface area (Å²) in [5.74, 6) is -1.04. The second kappa shape index (κ2) is 3.82. The summed E-state index contributed by atoms with van der Waals surface area (Å²) in [7, 11) is 1.20. The Morgan fingerprint density at radius 3 is 2.71 bits per heavy atom. The van der Waals surface area contributed by atoms with Crippen LogP contribution in [-0.2, 0) is 4.74 Å². The molecule has 0 atom stereocenters. The molecule has 0 bridgehead atoms. The molecule has 74 valence electrons. The minimum absolute atomic E-state index is 0.0262. The van der Waals surface area contributed by atoms with E-state index < -0.39 is 10.9 Å². The molecule has 0 saturated heterocycles. The minimum atomic E-state index is -0.675. The summed E-state index contributed by atoms with van der Waals surface area (Å²) in [6.45, 7) is 1.63. The van der Waals surface area contributed by atoms with Crippen molar-refractivity contribution >= 4 is 11.8 Å². The number of hydrogen-bond donors (Lipinski definition) is 0. The van der Waals surface area contributed by atoms with Crippen LogP contribution in [0.5, 0.6) is 0 Å². The highest BCUT2D eigenvalue weighted by Gasteiger charge is 2.20. The largest absolute Gasteiger partial charge is 0.463 e. The molecule has 0 saturated carbocycles. The fourth-order valence-corrected chi connectivity index (χ4v) is 0.923. The molecule has 1 aromatic heterocycles. The van der Waals surface area contributed by atoms with E-state index in [1.807, 2.05) is 0 Å². The minimum Gasteiger partial charge on any atom is -0.463 e. The molecule has 0 aliphatic carbocycles. The van der Waals surface area contributed by atoms with Gasteiger partial charge in [-0.25, -0.2) is 4.79 Å². The van der Waals surface area contributed by atoms with Crippen LogP contribution in [0.25, 0.3) is 0 Å². The van der Waals surface area contributed by atoms with E-state index in [-0.39, 0.29) is 11.5 Å². The molecule has 6 nitrogen and oxygen atoms in total. The first-order chi connectivity index (χ1) is 6.56. The average molecular weight is 196 g/mol. The van der Waals surface area contributed by atoms with E-state index in [1.165, 1.54) is 19.2 Å². The van der Waals surface area contributed by atoms with Crippen molar-refractivity contribution in [3.05, 3.63) is 33.5 Å². The number of nitrogens with zero attached hydrogens (tertiary/aromatic N) is 2. The van der Waals surface area contributed by atoms with Gasteiger partial charge in [-0.1, -0.05) is 0 Å². The van der Waals surface area contributed by atoms with Crippen LogP contribution < -0.4 is 0 Å². The number of esters is 1. The molecule has 0 fully saturated rings. The predicted octanol–water partition coefficient (Wildman–Crippen LogP) is 1.08. The molecule has 0 aliphatic heterocycles. The Morgan fingerprint density at radius 1 is 1.57 bits per heavy atom. The molecule has 0 aliphatic rings. The Balaban J connectivity index is 3.21. The first kappa shape index (κ1) is 10.1. The number of methoxy groups -OCH3 is 1. The fourth-order valence-electron chi connectivity index (χ4n) is 0.923. The third-order valence-electron chi connectivity index (χ3n) is 1.65. The van der Waals surface area contributed by atoms with E-state index in [0.29, 0.717) is 5.56 Å². The van der Waals surface area contributed by atoms with Gasteiger partial charge in [-0.3, -0.25) is 0 Å². The van der Waals surface area contributed by atoms with E-state index in [1.54, 1.807) is 6.92 Å². The SMILES string of the molecule is COC(=O)c1nc([N+](=O)[O-])ccc1C. The molecule has 0 N–H and O–H groups in total. The molecule has 0 unspecified atom stereocenters. The van der Waals surface area contributed by atoms with Gasteiger partial charge in [0.05, 0.1) is 7.11 Å². The Bertz CT molecular complexity index is 389. The van der Waals surface area contributed by atoms with Crippen LogP contribution in [0.2, 0.25) is 0 Å². The van der Waals surface area contributed by atoms with Gasteiger partial charge in [-0.2, -0.15) is 0 Å². The number of nitro groups is 1. The van der Waals surface area contributed by atoms with E-state index in [2.05, 4.69) is 9.72 Å². The molecule has 6 heteroatoms. The molecule has 0 spiro atoms. The Hall–Kier alpha value is -1.98. The Morgan fingerprint density at radius 2 is 2.21 bits per heavy atom. The quantitative estimate of drug-likeness (QED) is 0.401. The van der Waals surface area contributed by atoms with Gasteiger partial charge in [0.1, 0.15) is 0 Å². The molecule has 1 heterocycles. The van der Waals surface area contributed by atoms with Crippen LogP contribution in [0.1, 0.15) is 16.1 Å². The standard InChI is InChI=1S/C8H8N2O4/c1-5-3-4-6(10(12)13)9-7(5)8(11)14-2/h3-4H,1-2H3. The normalized spacial score (nSPS) is 9.57. The monoisotopic (exact) mass is 196 g/mol. The van der Waals surface area contributed by atoms with Gasteiger partial charge in [0, 0.05) is 11.6 Å². The van der Waals surface area contributed by atoms with Crippen molar-refractivity contribution in [2.75, 3.05) is 7.11 Å². The van der Waals surface area contributed by atoms with Crippen molar-refractivity contribution in [3.8, 4) is 0 Å². The second-order valence-corrected chi connectivity index (χ2v) is 2.58. The van der Waals surface area contributed by atoms with E-state index in [4.69, 9.17) is 0 Å². The highest BCUT2D eigenvalue weighted by atomic mass is 16.6. The number of rotatable bonds is 2. The number of aromatic nitrogens is 1. The van der Waals surface area contributed by atoms with Crippen LogP contribution >= 0.6 is 0 Å². The van der Waals surface area contributed by atoms with Gasteiger partial charge in [0.2, 0.25) is 0 Å². The third-order valence-corrected chi connectivity index (χ3v) is 1.65. The summed E-state index contributed by atoms with van der Waals surface area (Å²) < 4.78 is 4.43. The molecule has 0 aromatic carbocycles. The zero-order valence-electron chi connectivity index (χ0n) is 7.68. The Labute approximate surface area is 79.7 Å². The second-order valence-electron chi connectivity index (χ2n) is 2.58. The van der Waals surface area contributed by atoms with Gasteiger partial charge >= 0.3 is 11.8 Å². The summed E-state index contributed by atoms with van der Waals surface area (Å²) in [4.78, 5) is 24.4. The molecule has 0 amide bonds. The van der Waals surface area contributed by atoms with Gasteiger partial charge in [0.25, 0.3) is 5.69 Å². The van der Waals surface area contributed by atoms with Crippen molar-refractivity contribution < 1.29 is 14.5 Å². The summed E-state index contributed by atoms with van der Waals surface area (Å²) in [5, 5.41) is 10.4. The average Bonchev–Trinajstić information content (AvgIpc) is 2.17. The van der Waals surface area contributed by atoms with E-state index in [0.717, 1.165) is 0 Å². The van der Waals surface area contributed by atoms with Crippen molar-refractivity contribution in [1.82, 2.24) is 4.98 Å². The van der Waals surface area contributed by atoms with Gasteiger partial charge in [0.15, 0.2) is 0 Å². The smallest absolute Gasteiger partial charge is 0.383 e. The van der Waals surface area contributed by atoms with Crippen LogP contribution in [0.4, 0.5) is 5.82 Å². The molecule has 1 rings (SSSR count). The maximum atomic E-state index is 11.1. The van der Waals surface area contributed by atoms with Gasteiger partial charge in [-0.15, -0.1) is 0 Å². The van der Waals surface area contributed by atoms with E-state index in [9.17, 15) is 14.9 Å². The zero-order valence-corrected chi connectivity index (χ0v) is 7.68. The van der Waals surface area contributed by atoms with Crippen LogP contribution in [0.3, 0.4) is 0 Å². The number of ether oxygens (including phenoxy) is 1. The van der Waals surface area contributed by atoms with Crippen LogP contribution in [-0.4, -0.2) is 23.0 Å². The topological polar surface area (TPSA) is 82.3 Å². The van der Waals surface area contributed by atoms with Crippen molar-refractivity contribution in [2.24, 2.45) is 0 Å². The zero-order chi connectivity index (χ0) is 10.7.